The smallest absolute Gasteiger partial charge is 0.295 e. The van der Waals surface area contributed by atoms with Gasteiger partial charge in [0.05, 0.1) is 5.69 Å². The number of nitrogens with zero attached hydrogens (tertiary/aromatic N) is 2. The van der Waals surface area contributed by atoms with E-state index in [2.05, 4.69) is 21.8 Å². The summed E-state index contributed by atoms with van der Waals surface area (Å²) in [6, 6.07) is 8.99. The van der Waals surface area contributed by atoms with E-state index in [-0.39, 0.29) is 5.57 Å². The highest BCUT2D eigenvalue weighted by Gasteiger charge is 2.01. The highest BCUT2D eigenvalue weighted by Crippen LogP contribution is 2.10. The topological polar surface area (TPSA) is 51.0 Å². The normalized spacial score (nSPS) is 10.1. The number of benzene rings is 1. The monoisotopic (exact) mass is 190 g/mol. The first-order valence-corrected chi connectivity index (χ1v) is 4.03. The molecule has 0 aliphatic heterocycles. The maximum Gasteiger partial charge on any atom is 0.362 e. The summed E-state index contributed by atoms with van der Waals surface area (Å²) in [6.07, 6.45) is 0. The summed E-state index contributed by atoms with van der Waals surface area (Å²) in [7, 11) is 0. The van der Waals surface area contributed by atoms with Gasteiger partial charge < -0.3 is 0 Å². The summed E-state index contributed by atoms with van der Waals surface area (Å²) in [6.45, 7) is 4.95. The molecule has 4 heteroatoms. The molecule has 0 fully saturated rings. The lowest BCUT2D eigenvalue weighted by atomic mass is 10.3. The summed E-state index contributed by atoms with van der Waals surface area (Å²) in [5.74, 6) is -0.579. The van der Waals surface area contributed by atoms with Gasteiger partial charge in [-0.25, -0.2) is 4.79 Å². The van der Waals surface area contributed by atoms with Crippen molar-refractivity contribution in [3.8, 4) is 0 Å². The number of carbonyl (C=O) groups excluding carboxylic acids is 1. The Bertz CT molecular complexity index is 358. The van der Waals surface area contributed by atoms with Crippen LogP contribution in [0.1, 0.15) is 6.92 Å². The van der Waals surface area contributed by atoms with E-state index in [0.717, 1.165) is 0 Å². The molecule has 0 unspecified atom stereocenters. The molecule has 14 heavy (non-hydrogen) atoms. The quantitative estimate of drug-likeness (QED) is 0.418. The third kappa shape index (κ3) is 3.18. The molecular weight excluding hydrogens is 180 g/mol. The predicted molar refractivity (Wildman–Crippen MR) is 51.9 cm³/mol. The van der Waals surface area contributed by atoms with Crippen molar-refractivity contribution in [1.29, 1.82) is 0 Å². The molecule has 0 heterocycles. The van der Waals surface area contributed by atoms with Crippen LogP contribution in [0.3, 0.4) is 0 Å². The van der Waals surface area contributed by atoms with Crippen LogP contribution in [0.15, 0.2) is 52.9 Å². The Morgan fingerprint density at radius 1 is 1.36 bits per heavy atom. The maximum atomic E-state index is 10.9. The minimum absolute atomic E-state index is 0.289. The average molecular weight is 190 g/mol. The van der Waals surface area contributed by atoms with Crippen molar-refractivity contribution in [1.82, 2.24) is 0 Å². The first kappa shape index (κ1) is 10.1. The molecule has 4 nitrogen and oxygen atoms in total. The van der Waals surface area contributed by atoms with Crippen molar-refractivity contribution in [2.75, 3.05) is 0 Å². The second-order valence-corrected chi connectivity index (χ2v) is 2.68. The van der Waals surface area contributed by atoms with Crippen LogP contribution in [0.25, 0.3) is 0 Å². The minimum Gasteiger partial charge on any atom is -0.295 e. The van der Waals surface area contributed by atoms with E-state index in [0.29, 0.717) is 5.69 Å². The van der Waals surface area contributed by atoms with Crippen LogP contribution in [-0.4, -0.2) is 5.97 Å². The molecular formula is C10H10N2O2. The number of hydrogen-bond acceptors (Lipinski definition) is 4. The molecule has 0 atom stereocenters. The van der Waals surface area contributed by atoms with E-state index in [4.69, 9.17) is 0 Å². The number of hydrogen-bond donors (Lipinski definition) is 0. The zero-order valence-corrected chi connectivity index (χ0v) is 7.80. The molecule has 0 spiro atoms. The largest absolute Gasteiger partial charge is 0.362 e. The number of carbonyl (C=O) groups is 1. The molecule has 1 rings (SSSR count). The van der Waals surface area contributed by atoms with Crippen molar-refractivity contribution in [3.05, 3.63) is 42.5 Å². The Morgan fingerprint density at radius 2 is 2.00 bits per heavy atom. The molecule has 0 aliphatic carbocycles. The molecule has 72 valence electrons. The van der Waals surface area contributed by atoms with Crippen molar-refractivity contribution in [2.24, 2.45) is 10.4 Å². The molecule has 0 aliphatic rings. The van der Waals surface area contributed by atoms with Crippen LogP contribution < -0.4 is 0 Å². The molecule has 1 aromatic rings. The summed E-state index contributed by atoms with van der Waals surface area (Å²) >= 11 is 0. The summed E-state index contributed by atoms with van der Waals surface area (Å²) in [4.78, 5) is 15.3. The van der Waals surface area contributed by atoms with Gasteiger partial charge in [0.25, 0.3) is 0 Å². The Labute approximate surface area is 81.9 Å². The number of rotatable bonds is 3. The Hall–Kier alpha value is -1.97. The fourth-order valence-electron chi connectivity index (χ4n) is 0.677. The van der Waals surface area contributed by atoms with Crippen molar-refractivity contribution in [2.45, 2.75) is 6.92 Å². The first-order valence-electron chi connectivity index (χ1n) is 4.03. The van der Waals surface area contributed by atoms with Gasteiger partial charge in [-0.05, 0) is 19.1 Å². The van der Waals surface area contributed by atoms with Gasteiger partial charge >= 0.3 is 5.97 Å². The second-order valence-electron chi connectivity index (χ2n) is 2.68. The second kappa shape index (κ2) is 4.91. The van der Waals surface area contributed by atoms with Gasteiger partial charge in [-0.3, -0.25) is 4.84 Å². The highest BCUT2D eigenvalue weighted by molar-refractivity contribution is 5.86. The van der Waals surface area contributed by atoms with Gasteiger partial charge in [0.2, 0.25) is 0 Å². The highest BCUT2D eigenvalue weighted by atomic mass is 16.7. The lowest BCUT2D eigenvalue weighted by molar-refractivity contribution is -0.139. The Balaban J connectivity index is 2.50. The minimum atomic E-state index is -0.579. The molecule has 0 saturated heterocycles. The third-order valence-electron chi connectivity index (χ3n) is 1.38. The zero-order valence-electron chi connectivity index (χ0n) is 7.80. The molecule has 0 bridgehead atoms. The summed E-state index contributed by atoms with van der Waals surface area (Å²) in [5, 5.41) is 6.95. The summed E-state index contributed by atoms with van der Waals surface area (Å²) in [5.41, 5.74) is 0.916. The third-order valence-corrected chi connectivity index (χ3v) is 1.38. The lowest BCUT2D eigenvalue weighted by Crippen LogP contribution is -1.98. The Morgan fingerprint density at radius 3 is 2.57 bits per heavy atom. The summed E-state index contributed by atoms with van der Waals surface area (Å²) < 4.78 is 0. The van der Waals surface area contributed by atoms with E-state index in [9.17, 15) is 4.79 Å². The average Bonchev–Trinajstić information content (AvgIpc) is 2.19. The first-order chi connectivity index (χ1) is 6.70. The van der Waals surface area contributed by atoms with Gasteiger partial charge in [0.1, 0.15) is 0 Å². The van der Waals surface area contributed by atoms with E-state index in [1.165, 1.54) is 0 Å². The SMILES string of the molecule is C=C(C)C(=O)O/N=N/c1ccccc1. The van der Waals surface area contributed by atoms with Gasteiger partial charge in [0.15, 0.2) is 0 Å². The van der Waals surface area contributed by atoms with Crippen LogP contribution in [-0.2, 0) is 9.63 Å². The van der Waals surface area contributed by atoms with Crippen LogP contribution in [0.4, 0.5) is 5.69 Å². The molecule has 0 aromatic heterocycles. The van der Waals surface area contributed by atoms with Gasteiger partial charge in [-0.2, -0.15) is 0 Å². The fraction of sp³-hybridized carbons (Fsp3) is 0.100. The standard InChI is InChI=1S/C10H10N2O2/c1-8(2)10(13)14-12-11-9-6-4-3-5-7-9/h3-7H,1H2,2H3/b12-11+. The van der Waals surface area contributed by atoms with E-state index in [1.54, 1.807) is 19.1 Å². The van der Waals surface area contributed by atoms with Crippen LogP contribution in [0.2, 0.25) is 0 Å². The Kier molecular flexibility index (Phi) is 3.55. The van der Waals surface area contributed by atoms with Crippen molar-refractivity contribution >= 4 is 11.7 Å². The lowest BCUT2D eigenvalue weighted by Gasteiger charge is -1.93. The van der Waals surface area contributed by atoms with Crippen LogP contribution in [0.5, 0.6) is 0 Å². The van der Waals surface area contributed by atoms with Crippen molar-refractivity contribution in [3.63, 3.8) is 0 Å². The maximum absolute atomic E-state index is 10.9. The van der Waals surface area contributed by atoms with Gasteiger partial charge in [0, 0.05) is 10.9 Å². The van der Waals surface area contributed by atoms with Gasteiger partial charge in [-0.1, -0.05) is 24.8 Å². The zero-order chi connectivity index (χ0) is 10.4. The van der Waals surface area contributed by atoms with Crippen LogP contribution >= 0.6 is 0 Å². The molecule has 0 radical (unpaired) electrons. The molecule has 1 aromatic carbocycles. The van der Waals surface area contributed by atoms with E-state index < -0.39 is 5.97 Å². The van der Waals surface area contributed by atoms with Gasteiger partial charge in [-0.15, -0.1) is 5.11 Å². The van der Waals surface area contributed by atoms with Crippen molar-refractivity contribution < 1.29 is 9.63 Å². The molecule has 0 saturated carbocycles. The molecule has 0 N–H and O–H groups in total. The molecule has 0 amide bonds. The predicted octanol–water partition coefficient (Wildman–Crippen LogP) is 2.80. The van der Waals surface area contributed by atoms with E-state index in [1.807, 2.05) is 18.2 Å². The van der Waals surface area contributed by atoms with Crippen LogP contribution in [0, 0.1) is 0 Å². The van der Waals surface area contributed by atoms with E-state index >= 15 is 0 Å². The fourth-order valence-corrected chi connectivity index (χ4v) is 0.677.